The van der Waals surface area contributed by atoms with Gasteiger partial charge in [-0.15, -0.1) is 0 Å². The summed E-state index contributed by atoms with van der Waals surface area (Å²) in [6.07, 6.45) is 2.93. The van der Waals surface area contributed by atoms with Crippen LogP contribution in [0.25, 0.3) is 0 Å². The first-order chi connectivity index (χ1) is 8.88. The minimum absolute atomic E-state index is 0.0392. The Kier molecular flexibility index (Phi) is 3.73. The summed E-state index contributed by atoms with van der Waals surface area (Å²) in [5.41, 5.74) is 1.49. The molecule has 0 radical (unpaired) electrons. The molecule has 0 bridgehead atoms. The Bertz CT molecular complexity index is 635. The fourth-order valence-corrected chi connectivity index (χ4v) is 2.63. The van der Waals surface area contributed by atoms with Gasteiger partial charge in [0.05, 0.1) is 4.90 Å². The average Bonchev–Trinajstić information content (AvgIpc) is 2.37. The molecule has 0 aromatic heterocycles. The number of rotatable bonds is 2. The normalized spacial score (nSPS) is 16.1. The van der Waals surface area contributed by atoms with Gasteiger partial charge in [0.2, 0.25) is 10.0 Å². The molecule has 0 fully saturated rings. The number of nitrogens with zero attached hydrogens (tertiary/aromatic N) is 1. The highest BCUT2D eigenvalue weighted by atomic mass is 32.2. The molecule has 102 valence electrons. The minimum atomic E-state index is -3.78. The molecule has 1 amide bonds. The molecule has 1 aliphatic heterocycles. The lowest BCUT2D eigenvalue weighted by Gasteiger charge is -2.26. The van der Waals surface area contributed by atoms with Crippen molar-refractivity contribution >= 4 is 15.9 Å². The number of sulfonamides is 1. The molecule has 0 aliphatic carbocycles. The van der Waals surface area contributed by atoms with Crippen molar-refractivity contribution in [2.45, 2.75) is 18.2 Å². The van der Waals surface area contributed by atoms with Gasteiger partial charge in [-0.05, 0) is 31.5 Å². The molecule has 5 nitrogen and oxygen atoms in total. The SMILES string of the molecule is CC1=CCCN(C(=O)c2cccc(S(N)(=O)=O)c2)C1. The molecule has 2 N–H and O–H groups in total. The van der Waals surface area contributed by atoms with Crippen LogP contribution in [0.4, 0.5) is 0 Å². The van der Waals surface area contributed by atoms with Crippen LogP contribution < -0.4 is 5.14 Å². The molecular formula is C13H16N2O3S. The van der Waals surface area contributed by atoms with Crippen molar-refractivity contribution in [2.24, 2.45) is 5.14 Å². The largest absolute Gasteiger partial charge is 0.334 e. The Hall–Kier alpha value is -1.66. The van der Waals surface area contributed by atoms with Crippen LogP contribution in [-0.4, -0.2) is 32.3 Å². The smallest absolute Gasteiger partial charge is 0.254 e. The van der Waals surface area contributed by atoms with Gasteiger partial charge < -0.3 is 4.90 Å². The van der Waals surface area contributed by atoms with E-state index in [-0.39, 0.29) is 10.8 Å². The van der Waals surface area contributed by atoms with E-state index in [1.165, 1.54) is 18.2 Å². The van der Waals surface area contributed by atoms with Crippen molar-refractivity contribution in [2.75, 3.05) is 13.1 Å². The third-order valence-corrected chi connectivity index (χ3v) is 3.94. The molecule has 0 saturated heterocycles. The Morgan fingerprint density at radius 1 is 1.37 bits per heavy atom. The molecule has 0 atom stereocenters. The topological polar surface area (TPSA) is 80.5 Å². The summed E-state index contributed by atoms with van der Waals surface area (Å²) in [6.45, 7) is 3.20. The Balaban J connectivity index is 2.27. The zero-order chi connectivity index (χ0) is 14.0. The number of nitrogens with two attached hydrogens (primary N) is 1. The number of hydrogen-bond acceptors (Lipinski definition) is 3. The van der Waals surface area contributed by atoms with Crippen LogP contribution in [0.15, 0.2) is 40.8 Å². The number of carbonyl (C=O) groups is 1. The average molecular weight is 280 g/mol. The molecule has 1 aromatic rings. The molecule has 0 unspecified atom stereocenters. The van der Waals surface area contributed by atoms with E-state index in [1.54, 1.807) is 11.0 Å². The van der Waals surface area contributed by atoms with E-state index >= 15 is 0 Å². The molecule has 6 heteroatoms. The first-order valence-corrected chi connectivity index (χ1v) is 7.50. The Morgan fingerprint density at radius 3 is 2.74 bits per heavy atom. The van der Waals surface area contributed by atoms with Crippen molar-refractivity contribution < 1.29 is 13.2 Å². The maximum Gasteiger partial charge on any atom is 0.254 e. The van der Waals surface area contributed by atoms with Crippen molar-refractivity contribution in [3.8, 4) is 0 Å². The summed E-state index contributed by atoms with van der Waals surface area (Å²) < 4.78 is 22.6. The number of amides is 1. The molecule has 1 aliphatic rings. The maximum absolute atomic E-state index is 12.3. The van der Waals surface area contributed by atoms with Crippen molar-refractivity contribution in [3.63, 3.8) is 0 Å². The highest BCUT2D eigenvalue weighted by molar-refractivity contribution is 7.89. The third-order valence-electron chi connectivity index (χ3n) is 3.03. The number of primary sulfonamides is 1. The maximum atomic E-state index is 12.3. The summed E-state index contributed by atoms with van der Waals surface area (Å²) >= 11 is 0. The van der Waals surface area contributed by atoms with Gasteiger partial charge >= 0.3 is 0 Å². The monoisotopic (exact) mass is 280 g/mol. The quantitative estimate of drug-likeness (QED) is 0.824. The van der Waals surface area contributed by atoms with Gasteiger partial charge in [0, 0.05) is 18.7 Å². The van der Waals surface area contributed by atoms with Gasteiger partial charge in [0.25, 0.3) is 5.91 Å². The lowest BCUT2D eigenvalue weighted by Crippen LogP contribution is -2.35. The fraction of sp³-hybridized carbons (Fsp3) is 0.308. The van der Waals surface area contributed by atoms with Crippen molar-refractivity contribution in [1.82, 2.24) is 4.90 Å². The zero-order valence-electron chi connectivity index (χ0n) is 10.7. The standard InChI is InChI=1S/C13H16N2O3S/c1-10-4-3-7-15(9-10)13(16)11-5-2-6-12(8-11)19(14,17)18/h2,4-6,8H,3,7,9H2,1H3,(H2,14,17,18). The lowest BCUT2D eigenvalue weighted by atomic mass is 10.1. The van der Waals surface area contributed by atoms with Gasteiger partial charge in [-0.1, -0.05) is 17.7 Å². The number of benzene rings is 1. The predicted molar refractivity (Wildman–Crippen MR) is 72.1 cm³/mol. The first-order valence-electron chi connectivity index (χ1n) is 5.96. The summed E-state index contributed by atoms with van der Waals surface area (Å²) in [4.78, 5) is 14.0. The fourth-order valence-electron chi connectivity index (χ4n) is 2.07. The van der Waals surface area contributed by atoms with E-state index in [4.69, 9.17) is 5.14 Å². The van der Waals surface area contributed by atoms with Gasteiger partial charge in [0.1, 0.15) is 0 Å². The summed E-state index contributed by atoms with van der Waals surface area (Å²) in [5, 5.41) is 5.06. The van der Waals surface area contributed by atoms with Crippen molar-refractivity contribution in [3.05, 3.63) is 41.5 Å². The second-order valence-corrected chi connectivity index (χ2v) is 6.20. The van der Waals surface area contributed by atoms with Crippen LogP contribution in [0.3, 0.4) is 0 Å². The van der Waals surface area contributed by atoms with E-state index in [2.05, 4.69) is 6.08 Å². The molecule has 0 saturated carbocycles. The summed E-state index contributed by atoms with van der Waals surface area (Å²) in [6, 6.07) is 5.84. The molecular weight excluding hydrogens is 264 g/mol. The highest BCUT2D eigenvalue weighted by Crippen LogP contribution is 2.15. The predicted octanol–water partition coefficient (Wildman–Crippen LogP) is 1.13. The Morgan fingerprint density at radius 2 is 2.11 bits per heavy atom. The van der Waals surface area contributed by atoms with Gasteiger partial charge in [-0.25, -0.2) is 13.6 Å². The second kappa shape index (κ2) is 5.14. The van der Waals surface area contributed by atoms with Crippen LogP contribution in [0.2, 0.25) is 0 Å². The van der Waals surface area contributed by atoms with E-state index in [1.807, 2.05) is 6.92 Å². The van der Waals surface area contributed by atoms with Crippen LogP contribution in [0.1, 0.15) is 23.7 Å². The van der Waals surface area contributed by atoms with Gasteiger partial charge in [-0.2, -0.15) is 0 Å². The second-order valence-electron chi connectivity index (χ2n) is 4.64. The van der Waals surface area contributed by atoms with Crippen LogP contribution >= 0.6 is 0 Å². The zero-order valence-corrected chi connectivity index (χ0v) is 11.5. The van der Waals surface area contributed by atoms with E-state index < -0.39 is 10.0 Å². The summed E-state index contributed by atoms with van der Waals surface area (Å²) in [5.74, 6) is -0.169. The first kappa shape index (κ1) is 13.8. The van der Waals surface area contributed by atoms with E-state index in [9.17, 15) is 13.2 Å². The van der Waals surface area contributed by atoms with Crippen LogP contribution in [-0.2, 0) is 10.0 Å². The lowest BCUT2D eigenvalue weighted by molar-refractivity contribution is 0.0765. The molecule has 1 heterocycles. The summed E-state index contributed by atoms with van der Waals surface area (Å²) in [7, 11) is -3.78. The number of hydrogen-bond donors (Lipinski definition) is 1. The van der Waals surface area contributed by atoms with Crippen molar-refractivity contribution in [1.29, 1.82) is 0 Å². The van der Waals surface area contributed by atoms with Crippen LogP contribution in [0.5, 0.6) is 0 Å². The molecule has 19 heavy (non-hydrogen) atoms. The third kappa shape index (κ3) is 3.21. The molecule has 2 rings (SSSR count). The van der Waals surface area contributed by atoms with Crippen LogP contribution in [0, 0.1) is 0 Å². The molecule has 1 aromatic carbocycles. The Labute approximate surface area is 112 Å². The minimum Gasteiger partial charge on any atom is -0.334 e. The highest BCUT2D eigenvalue weighted by Gasteiger charge is 2.19. The van der Waals surface area contributed by atoms with Gasteiger partial charge in [0.15, 0.2) is 0 Å². The van der Waals surface area contributed by atoms with E-state index in [0.29, 0.717) is 18.7 Å². The molecule has 0 spiro atoms. The number of carbonyl (C=O) groups excluding carboxylic acids is 1. The van der Waals surface area contributed by atoms with Gasteiger partial charge in [-0.3, -0.25) is 4.79 Å². The van der Waals surface area contributed by atoms with E-state index in [0.717, 1.165) is 12.0 Å².